The Morgan fingerprint density at radius 1 is 1.29 bits per heavy atom. The molecule has 0 aromatic heterocycles. The number of aromatic hydroxyl groups is 1. The summed E-state index contributed by atoms with van der Waals surface area (Å²) < 4.78 is 0. The molecule has 0 spiro atoms. The highest BCUT2D eigenvalue weighted by Crippen LogP contribution is 2.22. The van der Waals surface area contributed by atoms with Crippen LogP contribution < -0.4 is 0 Å². The molecule has 1 heterocycles. The number of likely N-dealkylation sites (tertiary alicyclic amines) is 1. The van der Waals surface area contributed by atoms with Crippen molar-refractivity contribution in [3.63, 3.8) is 0 Å². The summed E-state index contributed by atoms with van der Waals surface area (Å²) in [4.78, 5) is 2.53. The first-order chi connectivity index (χ1) is 8.28. The third kappa shape index (κ3) is 4.00. The molecule has 0 aliphatic carbocycles. The average molecular weight is 298 g/mol. The molecule has 3 heteroatoms. The summed E-state index contributed by atoms with van der Waals surface area (Å²) in [7, 11) is 0. The Bertz CT molecular complexity index is 337. The first-order valence-corrected chi connectivity index (χ1v) is 7.46. The van der Waals surface area contributed by atoms with Crippen LogP contribution in [-0.2, 0) is 6.54 Å². The molecule has 0 saturated carbocycles. The molecule has 1 aliphatic rings. The molecule has 17 heavy (non-hydrogen) atoms. The van der Waals surface area contributed by atoms with Crippen molar-refractivity contribution < 1.29 is 5.11 Å². The van der Waals surface area contributed by atoms with Crippen molar-refractivity contribution in [2.75, 3.05) is 18.4 Å². The van der Waals surface area contributed by atoms with Crippen molar-refractivity contribution in [1.29, 1.82) is 0 Å². The number of alkyl halides is 1. The maximum atomic E-state index is 9.26. The van der Waals surface area contributed by atoms with E-state index in [1.807, 2.05) is 12.1 Å². The normalized spacial score (nSPS) is 21.6. The van der Waals surface area contributed by atoms with Crippen LogP contribution in [0.2, 0.25) is 0 Å². The van der Waals surface area contributed by atoms with Crippen LogP contribution in [0.15, 0.2) is 24.3 Å². The van der Waals surface area contributed by atoms with Gasteiger partial charge in [-0.2, -0.15) is 0 Å². The standard InChI is InChI=1S/C14H20BrNO/c15-8-7-12-2-1-9-16(10-12)11-13-3-5-14(17)6-4-13/h3-6,12,17H,1-2,7-11H2. The van der Waals surface area contributed by atoms with E-state index in [1.54, 1.807) is 12.1 Å². The van der Waals surface area contributed by atoms with Gasteiger partial charge < -0.3 is 5.11 Å². The van der Waals surface area contributed by atoms with Gasteiger partial charge >= 0.3 is 0 Å². The first-order valence-electron chi connectivity index (χ1n) is 6.34. The van der Waals surface area contributed by atoms with Crippen molar-refractivity contribution >= 4 is 15.9 Å². The number of phenols is 1. The van der Waals surface area contributed by atoms with Gasteiger partial charge in [-0.1, -0.05) is 28.1 Å². The monoisotopic (exact) mass is 297 g/mol. The van der Waals surface area contributed by atoms with E-state index in [2.05, 4.69) is 20.8 Å². The Hall–Kier alpha value is -0.540. The summed E-state index contributed by atoms with van der Waals surface area (Å²) in [5.41, 5.74) is 1.29. The van der Waals surface area contributed by atoms with Gasteiger partial charge in [0.2, 0.25) is 0 Å². The van der Waals surface area contributed by atoms with E-state index in [0.29, 0.717) is 5.75 Å². The molecule has 1 aromatic rings. The van der Waals surface area contributed by atoms with Gasteiger partial charge in [-0.15, -0.1) is 0 Å². The summed E-state index contributed by atoms with van der Waals surface area (Å²) in [5, 5.41) is 10.4. The fourth-order valence-corrected chi connectivity index (χ4v) is 3.19. The van der Waals surface area contributed by atoms with Gasteiger partial charge in [-0.3, -0.25) is 4.90 Å². The van der Waals surface area contributed by atoms with E-state index in [-0.39, 0.29) is 0 Å². The Morgan fingerprint density at radius 3 is 2.76 bits per heavy atom. The molecule has 2 nitrogen and oxygen atoms in total. The third-order valence-corrected chi connectivity index (χ3v) is 3.92. The molecule has 0 amide bonds. The number of hydrogen-bond acceptors (Lipinski definition) is 2. The number of phenolic OH excluding ortho intramolecular Hbond substituents is 1. The molecular weight excluding hydrogens is 278 g/mol. The molecule has 1 atom stereocenters. The Kier molecular flexibility index (Phi) is 4.86. The quantitative estimate of drug-likeness (QED) is 0.861. The molecule has 0 radical (unpaired) electrons. The van der Waals surface area contributed by atoms with Crippen molar-refractivity contribution in [2.45, 2.75) is 25.8 Å². The van der Waals surface area contributed by atoms with Gasteiger partial charge in [-0.25, -0.2) is 0 Å². The minimum atomic E-state index is 0.351. The molecule has 1 unspecified atom stereocenters. The zero-order valence-electron chi connectivity index (χ0n) is 10.1. The van der Waals surface area contributed by atoms with Crippen LogP contribution in [0.5, 0.6) is 5.75 Å². The van der Waals surface area contributed by atoms with Gasteiger partial charge in [0.15, 0.2) is 0 Å². The van der Waals surface area contributed by atoms with Crippen molar-refractivity contribution in [1.82, 2.24) is 4.90 Å². The predicted octanol–water partition coefficient (Wildman–Crippen LogP) is 3.39. The van der Waals surface area contributed by atoms with E-state index in [9.17, 15) is 5.11 Å². The van der Waals surface area contributed by atoms with Crippen molar-refractivity contribution in [3.05, 3.63) is 29.8 Å². The fraction of sp³-hybridized carbons (Fsp3) is 0.571. The maximum absolute atomic E-state index is 9.26. The van der Waals surface area contributed by atoms with Crippen LogP contribution in [0.3, 0.4) is 0 Å². The van der Waals surface area contributed by atoms with E-state index in [4.69, 9.17) is 0 Å². The number of benzene rings is 1. The Balaban J connectivity index is 1.87. The first kappa shape index (κ1) is 12.9. The van der Waals surface area contributed by atoms with Crippen LogP contribution >= 0.6 is 15.9 Å². The molecule has 2 rings (SSSR count). The van der Waals surface area contributed by atoms with Crippen LogP contribution in [0.1, 0.15) is 24.8 Å². The van der Waals surface area contributed by atoms with Crippen LogP contribution in [0, 0.1) is 5.92 Å². The van der Waals surface area contributed by atoms with E-state index in [1.165, 1.54) is 37.9 Å². The molecule has 1 fully saturated rings. The van der Waals surface area contributed by atoms with Gasteiger partial charge in [-0.05, 0) is 49.4 Å². The van der Waals surface area contributed by atoms with Gasteiger partial charge in [0.05, 0.1) is 0 Å². The lowest BCUT2D eigenvalue weighted by Gasteiger charge is -2.32. The van der Waals surface area contributed by atoms with Crippen molar-refractivity contribution in [2.24, 2.45) is 5.92 Å². The smallest absolute Gasteiger partial charge is 0.115 e. The van der Waals surface area contributed by atoms with Gasteiger partial charge in [0.1, 0.15) is 5.75 Å². The van der Waals surface area contributed by atoms with Crippen molar-refractivity contribution in [3.8, 4) is 5.75 Å². The molecule has 1 aliphatic heterocycles. The number of nitrogens with zero attached hydrogens (tertiary/aromatic N) is 1. The highest BCUT2D eigenvalue weighted by atomic mass is 79.9. The van der Waals surface area contributed by atoms with Crippen LogP contribution in [0.25, 0.3) is 0 Å². The number of halogens is 1. The maximum Gasteiger partial charge on any atom is 0.115 e. The zero-order valence-corrected chi connectivity index (χ0v) is 11.7. The summed E-state index contributed by atoms with van der Waals surface area (Å²) in [6, 6.07) is 7.58. The second-order valence-electron chi connectivity index (χ2n) is 4.89. The summed E-state index contributed by atoms with van der Waals surface area (Å²) >= 11 is 3.53. The lowest BCUT2D eigenvalue weighted by molar-refractivity contribution is 0.165. The minimum Gasteiger partial charge on any atom is -0.508 e. The van der Waals surface area contributed by atoms with Crippen LogP contribution in [0.4, 0.5) is 0 Å². The zero-order chi connectivity index (χ0) is 12.1. The molecular formula is C14H20BrNO. The summed E-state index contributed by atoms with van der Waals surface area (Å²) in [5.74, 6) is 1.20. The summed E-state index contributed by atoms with van der Waals surface area (Å²) in [6.45, 7) is 3.44. The number of piperidine rings is 1. The second-order valence-corrected chi connectivity index (χ2v) is 5.68. The highest BCUT2D eigenvalue weighted by Gasteiger charge is 2.19. The van der Waals surface area contributed by atoms with E-state index >= 15 is 0 Å². The Labute approximate surface area is 112 Å². The second kappa shape index (κ2) is 6.41. The van der Waals surface area contributed by atoms with Gasteiger partial charge in [0.25, 0.3) is 0 Å². The lowest BCUT2D eigenvalue weighted by Crippen LogP contribution is -2.35. The largest absolute Gasteiger partial charge is 0.508 e. The van der Waals surface area contributed by atoms with Gasteiger partial charge in [0, 0.05) is 18.4 Å². The number of hydrogen-bond donors (Lipinski definition) is 1. The predicted molar refractivity (Wildman–Crippen MR) is 74.5 cm³/mol. The minimum absolute atomic E-state index is 0.351. The number of rotatable bonds is 4. The molecule has 1 aromatic carbocycles. The summed E-state index contributed by atoms with van der Waals surface area (Å²) in [6.07, 6.45) is 3.97. The topological polar surface area (TPSA) is 23.5 Å². The third-order valence-electron chi connectivity index (χ3n) is 3.46. The fourth-order valence-electron chi connectivity index (χ4n) is 2.54. The van der Waals surface area contributed by atoms with E-state index < -0.39 is 0 Å². The molecule has 1 N–H and O–H groups in total. The molecule has 0 bridgehead atoms. The Morgan fingerprint density at radius 2 is 2.06 bits per heavy atom. The van der Waals surface area contributed by atoms with E-state index in [0.717, 1.165) is 17.8 Å². The average Bonchev–Trinajstić information content (AvgIpc) is 2.33. The van der Waals surface area contributed by atoms with Crippen LogP contribution in [-0.4, -0.2) is 28.4 Å². The molecule has 94 valence electrons. The molecule has 1 saturated heterocycles. The lowest BCUT2D eigenvalue weighted by atomic mass is 9.95. The highest BCUT2D eigenvalue weighted by molar-refractivity contribution is 9.09. The SMILES string of the molecule is Oc1ccc(CN2CCCC(CCBr)C2)cc1.